The van der Waals surface area contributed by atoms with E-state index < -0.39 is 5.54 Å². The average Bonchev–Trinajstić information content (AvgIpc) is 2.69. The van der Waals surface area contributed by atoms with E-state index >= 15 is 0 Å². The average molecular weight is 244 g/mol. The Kier molecular flexibility index (Phi) is 2.38. The first-order valence-corrected chi connectivity index (χ1v) is 6.14. The van der Waals surface area contributed by atoms with Crippen molar-refractivity contribution in [3.8, 4) is 5.82 Å². The number of aryl methyl sites for hydroxylation is 1. The number of aromatic amines is 1. The summed E-state index contributed by atoms with van der Waals surface area (Å²) < 4.78 is 1.49. The van der Waals surface area contributed by atoms with Crippen molar-refractivity contribution < 1.29 is 0 Å². The highest BCUT2D eigenvalue weighted by Gasteiger charge is 2.33. The quantitative estimate of drug-likeness (QED) is 0.787. The predicted octanol–water partition coefficient (Wildman–Crippen LogP) is 1.07. The highest BCUT2D eigenvalue weighted by Crippen LogP contribution is 2.29. The smallest absolute Gasteiger partial charge is 0.277 e. The lowest BCUT2D eigenvalue weighted by Gasteiger charge is -2.27. The van der Waals surface area contributed by atoms with Crippen molar-refractivity contribution >= 4 is 0 Å². The highest BCUT2D eigenvalue weighted by molar-refractivity contribution is 5.32. The van der Waals surface area contributed by atoms with Crippen molar-refractivity contribution in [2.75, 3.05) is 0 Å². The second-order valence-corrected chi connectivity index (χ2v) is 5.06. The third-order valence-corrected chi connectivity index (χ3v) is 3.54. The van der Waals surface area contributed by atoms with E-state index in [2.05, 4.69) is 10.1 Å². The molecule has 0 saturated heterocycles. The molecule has 2 heterocycles. The Hall–Kier alpha value is -1.88. The fraction of sp³-hybridized carbons (Fsp3) is 0.385. The summed E-state index contributed by atoms with van der Waals surface area (Å²) in [4.78, 5) is 16.6. The number of pyridine rings is 1. The van der Waals surface area contributed by atoms with Crippen molar-refractivity contribution in [3.63, 3.8) is 0 Å². The van der Waals surface area contributed by atoms with Crippen molar-refractivity contribution in [2.24, 2.45) is 5.73 Å². The van der Waals surface area contributed by atoms with Gasteiger partial charge in [-0.3, -0.25) is 9.89 Å². The van der Waals surface area contributed by atoms with Crippen LogP contribution in [0, 0.1) is 0 Å². The van der Waals surface area contributed by atoms with Gasteiger partial charge in [0.1, 0.15) is 0 Å². The van der Waals surface area contributed by atoms with Crippen LogP contribution in [0.4, 0.5) is 0 Å². The van der Waals surface area contributed by atoms with Gasteiger partial charge in [0.15, 0.2) is 5.82 Å². The van der Waals surface area contributed by atoms with Gasteiger partial charge in [-0.15, -0.1) is 0 Å². The fourth-order valence-electron chi connectivity index (χ4n) is 2.66. The van der Waals surface area contributed by atoms with Crippen LogP contribution in [0.15, 0.2) is 29.2 Å². The number of nitrogens with zero attached hydrogens (tertiary/aromatic N) is 2. The first-order chi connectivity index (χ1) is 8.59. The molecule has 0 fully saturated rings. The van der Waals surface area contributed by atoms with Gasteiger partial charge in [-0.25, -0.2) is 9.67 Å². The van der Waals surface area contributed by atoms with Gasteiger partial charge in [0.05, 0.1) is 5.56 Å². The molecule has 5 heteroatoms. The van der Waals surface area contributed by atoms with Crippen LogP contribution in [0.1, 0.15) is 31.0 Å². The number of nitrogens with two attached hydrogens (primary N) is 1. The molecule has 0 bridgehead atoms. The van der Waals surface area contributed by atoms with Crippen LogP contribution in [0.2, 0.25) is 0 Å². The minimum atomic E-state index is -0.540. The van der Waals surface area contributed by atoms with Crippen molar-refractivity contribution in [1.29, 1.82) is 0 Å². The number of aromatic nitrogens is 3. The minimum absolute atomic E-state index is 0.0756. The van der Waals surface area contributed by atoms with Crippen LogP contribution in [0.25, 0.3) is 5.82 Å². The van der Waals surface area contributed by atoms with Gasteiger partial charge < -0.3 is 5.73 Å². The van der Waals surface area contributed by atoms with E-state index in [0.717, 1.165) is 25.0 Å². The lowest BCUT2D eigenvalue weighted by Crippen LogP contribution is -2.40. The van der Waals surface area contributed by atoms with Gasteiger partial charge in [-0.1, -0.05) is 6.07 Å². The predicted molar refractivity (Wildman–Crippen MR) is 68.7 cm³/mol. The Morgan fingerprint density at radius 1 is 1.50 bits per heavy atom. The number of hydrogen-bond acceptors (Lipinski definition) is 3. The Morgan fingerprint density at radius 2 is 2.33 bits per heavy atom. The Balaban J connectivity index is 2.21. The van der Waals surface area contributed by atoms with E-state index in [9.17, 15) is 4.79 Å². The molecule has 3 N–H and O–H groups in total. The Bertz CT molecular complexity index is 624. The molecular formula is C13H16N4O. The molecule has 0 amide bonds. The normalized spacial score (nSPS) is 22.8. The summed E-state index contributed by atoms with van der Waals surface area (Å²) in [6.07, 6.45) is 4.39. The largest absolute Gasteiger partial charge is 0.321 e. The SMILES string of the molecule is CC1(N)CCCc2[nH]n(-c3ccccn3)c(=O)c21. The van der Waals surface area contributed by atoms with Gasteiger partial charge in [0.2, 0.25) is 0 Å². The lowest BCUT2D eigenvalue weighted by molar-refractivity contribution is 0.405. The molecule has 1 atom stereocenters. The molecule has 1 unspecified atom stereocenters. The number of rotatable bonds is 1. The number of H-pyrrole nitrogens is 1. The molecule has 3 rings (SSSR count). The second kappa shape index (κ2) is 3.81. The van der Waals surface area contributed by atoms with Gasteiger partial charge >= 0.3 is 0 Å². The summed E-state index contributed by atoms with van der Waals surface area (Å²) in [7, 11) is 0. The first-order valence-electron chi connectivity index (χ1n) is 6.14. The van der Waals surface area contributed by atoms with E-state index in [-0.39, 0.29) is 5.56 Å². The number of fused-ring (bicyclic) bond motifs is 1. The summed E-state index contributed by atoms with van der Waals surface area (Å²) in [6.45, 7) is 1.92. The third kappa shape index (κ3) is 1.59. The summed E-state index contributed by atoms with van der Waals surface area (Å²) in [5.74, 6) is 0.604. The van der Waals surface area contributed by atoms with Gasteiger partial charge in [0, 0.05) is 17.4 Å². The molecule has 0 aliphatic heterocycles. The molecule has 1 aliphatic carbocycles. The molecule has 2 aromatic rings. The molecule has 0 spiro atoms. The van der Waals surface area contributed by atoms with E-state index in [4.69, 9.17) is 5.73 Å². The summed E-state index contributed by atoms with van der Waals surface area (Å²) in [6, 6.07) is 5.48. The zero-order valence-corrected chi connectivity index (χ0v) is 10.3. The molecule has 0 saturated carbocycles. The fourth-order valence-corrected chi connectivity index (χ4v) is 2.66. The van der Waals surface area contributed by atoms with Crippen molar-refractivity contribution in [1.82, 2.24) is 14.8 Å². The zero-order chi connectivity index (χ0) is 12.8. The van der Waals surface area contributed by atoms with Crippen LogP contribution in [-0.2, 0) is 12.0 Å². The van der Waals surface area contributed by atoms with Gasteiger partial charge in [0.25, 0.3) is 5.56 Å². The molecule has 1 aliphatic rings. The molecule has 5 nitrogen and oxygen atoms in total. The van der Waals surface area contributed by atoms with Crippen LogP contribution in [0.3, 0.4) is 0 Å². The first kappa shape index (κ1) is 11.2. The van der Waals surface area contributed by atoms with Crippen molar-refractivity contribution in [2.45, 2.75) is 31.7 Å². The van der Waals surface area contributed by atoms with Gasteiger partial charge in [-0.05, 0) is 38.3 Å². The highest BCUT2D eigenvalue weighted by atomic mass is 16.1. The lowest BCUT2D eigenvalue weighted by atomic mass is 9.82. The van der Waals surface area contributed by atoms with E-state index in [1.165, 1.54) is 4.68 Å². The van der Waals surface area contributed by atoms with Crippen LogP contribution >= 0.6 is 0 Å². The maximum absolute atomic E-state index is 12.4. The Morgan fingerprint density at radius 3 is 3.00 bits per heavy atom. The number of nitrogens with one attached hydrogen (secondary N) is 1. The molecular weight excluding hydrogens is 228 g/mol. The standard InChI is InChI=1S/C13H16N4O/c1-13(14)7-4-5-9-11(13)12(18)17(16-9)10-6-2-3-8-15-10/h2-3,6,8,16H,4-5,7,14H2,1H3. The van der Waals surface area contributed by atoms with E-state index in [1.54, 1.807) is 12.3 Å². The van der Waals surface area contributed by atoms with E-state index in [0.29, 0.717) is 11.4 Å². The molecule has 0 radical (unpaired) electrons. The van der Waals surface area contributed by atoms with Crippen LogP contribution in [0.5, 0.6) is 0 Å². The van der Waals surface area contributed by atoms with Crippen LogP contribution < -0.4 is 11.3 Å². The number of hydrogen-bond donors (Lipinski definition) is 2. The summed E-state index contributed by atoms with van der Waals surface area (Å²) >= 11 is 0. The summed E-state index contributed by atoms with van der Waals surface area (Å²) in [5, 5.41) is 3.14. The van der Waals surface area contributed by atoms with Gasteiger partial charge in [-0.2, -0.15) is 0 Å². The summed E-state index contributed by atoms with van der Waals surface area (Å²) in [5.41, 5.74) is 7.27. The monoisotopic (exact) mass is 244 g/mol. The minimum Gasteiger partial charge on any atom is -0.321 e. The molecule has 2 aromatic heterocycles. The Labute approximate surface area is 105 Å². The molecule has 94 valence electrons. The zero-order valence-electron chi connectivity index (χ0n) is 10.3. The van der Waals surface area contributed by atoms with Crippen molar-refractivity contribution in [3.05, 3.63) is 46.0 Å². The van der Waals surface area contributed by atoms with E-state index in [1.807, 2.05) is 19.1 Å². The molecule has 0 aromatic carbocycles. The maximum Gasteiger partial charge on any atom is 0.277 e. The molecule has 18 heavy (non-hydrogen) atoms. The van der Waals surface area contributed by atoms with Crippen LogP contribution in [-0.4, -0.2) is 14.8 Å². The second-order valence-electron chi connectivity index (χ2n) is 5.06. The topological polar surface area (TPSA) is 76.7 Å². The maximum atomic E-state index is 12.4. The third-order valence-electron chi connectivity index (χ3n) is 3.54.